The number of nitrogens with two attached hydrogens (primary N) is 1. The van der Waals surface area contributed by atoms with E-state index in [1.54, 1.807) is 18.3 Å². The smallest absolute Gasteiger partial charge is 0.215 e. The van der Waals surface area contributed by atoms with E-state index in [0.29, 0.717) is 17.2 Å². The van der Waals surface area contributed by atoms with Gasteiger partial charge in [0.15, 0.2) is 0 Å². The van der Waals surface area contributed by atoms with Gasteiger partial charge in [-0.1, -0.05) is 66.7 Å². The Kier molecular flexibility index (Phi) is 7.22. The number of piperidine rings is 1. The molecule has 0 aliphatic carbocycles. The third-order valence-corrected chi connectivity index (χ3v) is 7.31. The van der Waals surface area contributed by atoms with Crippen LogP contribution >= 0.6 is 0 Å². The van der Waals surface area contributed by atoms with E-state index < -0.39 is 0 Å². The van der Waals surface area contributed by atoms with Gasteiger partial charge in [0.25, 0.3) is 0 Å². The van der Waals surface area contributed by atoms with Crippen LogP contribution in [0.5, 0.6) is 11.5 Å². The van der Waals surface area contributed by atoms with Crippen LogP contribution in [0.15, 0.2) is 115 Å². The maximum atomic E-state index is 13.6. The molecule has 6 nitrogen and oxygen atoms in total. The standard InChI is InChI=1S/C34H30N4O2/c35-34-30(21-27(22-36-34)25-16-18-29(19-17-25)40-28-12-5-2-6-13-28)33(39)31-14-7-15-32(37-31)38-20-8-11-26(23-38)24-9-3-1-4-10-24/h1-7,9-10,12-19,21-22,26H,8,11,20,23H2,(H2,35,36). The summed E-state index contributed by atoms with van der Waals surface area (Å²) in [6.45, 7) is 1.79. The van der Waals surface area contributed by atoms with Crippen molar-refractivity contribution < 1.29 is 9.53 Å². The molecule has 0 bridgehead atoms. The van der Waals surface area contributed by atoms with Crippen molar-refractivity contribution in [2.24, 2.45) is 0 Å². The number of hydrogen-bond donors (Lipinski definition) is 1. The molecule has 0 spiro atoms. The Hall–Kier alpha value is -4.97. The average molecular weight is 527 g/mol. The van der Waals surface area contributed by atoms with Gasteiger partial charge in [0.05, 0.1) is 5.56 Å². The number of carbonyl (C=O) groups is 1. The molecule has 5 aromatic rings. The van der Waals surface area contributed by atoms with Gasteiger partial charge in [-0.2, -0.15) is 0 Å². The Morgan fingerprint density at radius 3 is 2.33 bits per heavy atom. The normalized spacial score (nSPS) is 15.0. The number of anilines is 2. The molecular weight excluding hydrogens is 496 g/mol. The highest BCUT2D eigenvalue weighted by molar-refractivity contribution is 6.11. The van der Waals surface area contributed by atoms with Crippen LogP contribution in [0.4, 0.5) is 11.6 Å². The van der Waals surface area contributed by atoms with Crippen molar-refractivity contribution in [3.05, 3.63) is 132 Å². The molecule has 0 radical (unpaired) electrons. The summed E-state index contributed by atoms with van der Waals surface area (Å²) in [6, 6.07) is 35.3. The molecule has 1 saturated heterocycles. The Labute approximate surface area is 234 Å². The van der Waals surface area contributed by atoms with Crippen molar-refractivity contribution in [1.82, 2.24) is 9.97 Å². The van der Waals surface area contributed by atoms with E-state index in [1.807, 2.05) is 72.8 Å². The number of para-hydroxylation sites is 1. The molecule has 3 heterocycles. The number of nitrogens with zero attached hydrogens (tertiary/aromatic N) is 3. The summed E-state index contributed by atoms with van der Waals surface area (Å²) in [5, 5.41) is 0. The minimum Gasteiger partial charge on any atom is -0.457 e. The first-order valence-corrected chi connectivity index (χ1v) is 13.5. The van der Waals surface area contributed by atoms with Gasteiger partial charge in [0.1, 0.15) is 28.8 Å². The average Bonchev–Trinajstić information content (AvgIpc) is 3.02. The molecule has 1 aliphatic rings. The van der Waals surface area contributed by atoms with Crippen LogP contribution in [-0.2, 0) is 0 Å². The van der Waals surface area contributed by atoms with Crippen molar-refractivity contribution >= 4 is 17.4 Å². The lowest BCUT2D eigenvalue weighted by Gasteiger charge is -2.34. The second-order valence-corrected chi connectivity index (χ2v) is 10.0. The number of ketones is 1. The predicted molar refractivity (Wildman–Crippen MR) is 159 cm³/mol. The number of aromatic nitrogens is 2. The lowest BCUT2D eigenvalue weighted by molar-refractivity contribution is 0.103. The van der Waals surface area contributed by atoms with E-state index in [4.69, 9.17) is 15.5 Å². The van der Waals surface area contributed by atoms with E-state index in [0.717, 1.165) is 54.4 Å². The zero-order chi connectivity index (χ0) is 27.3. The number of rotatable bonds is 7. The summed E-state index contributed by atoms with van der Waals surface area (Å²) >= 11 is 0. The fourth-order valence-electron chi connectivity index (χ4n) is 5.20. The Bertz CT molecular complexity index is 1600. The minimum atomic E-state index is -0.241. The van der Waals surface area contributed by atoms with Gasteiger partial charge in [-0.05, 0) is 66.4 Å². The molecule has 198 valence electrons. The van der Waals surface area contributed by atoms with E-state index in [-0.39, 0.29) is 11.6 Å². The van der Waals surface area contributed by atoms with E-state index in [2.05, 4.69) is 34.1 Å². The number of pyridine rings is 2. The maximum Gasteiger partial charge on any atom is 0.215 e. The summed E-state index contributed by atoms with van der Waals surface area (Å²) in [5.74, 6) is 2.69. The SMILES string of the molecule is Nc1ncc(-c2ccc(Oc3ccccc3)cc2)cc1C(=O)c1cccc(N2CCCC(c3ccccc3)C2)n1. The fraction of sp³-hybridized carbons (Fsp3) is 0.147. The molecule has 1 atom stereocenters. The highest BCUT2D eigenvalue weighted by atomic mass is 16.5. The third kappa shape index (κ3) is 5.57. The Balaban J connectivity index is 1.21. The number of carbonyl (C=O) groups excluding carboxylic acids is 1. The van der Waals surface area contributed by atoms with Gasteiger partial charge in [-0.25, -0.2) is 9.97 Å². The highest BCUT2D eigenvalue weighted by Gasteiger charge is 2.23. The topological polar surface area (TPSA) is 81.3 Å². The number of nitrogen functional groups attached to an aromatic ring is 1. The minimum absolute atomic E-state index is 0.187. The largest absolute Gasteiger partial charge is 0.457 e. The van der Waals surface area contributed by atoms with E-state index in [1.165, 1.54) is 5.56 Å². The summed E-state index contributed by atoms with van der Waals surface area (Å²) in [6.07, 6.45) is 3.90. The predicted octanol–water partition coefficient (Wildman–Crippen LogP) is 7.13. The molecule has 3 aromatic carbocycles. The van der Waals surface area contributed by atoms with Gasteiger partial charge >= 0.3 is 0 Å². The first-order chi connectivity index (χ1) is 19.6. The van der Waals surface area contributed by atoms with Gasteiger partial charge in [0.2, 0.25) is 5.78 Å². The molecule has 0 saturated carbocycles. The molecule has 1 aliphatic heterocycles. The van der Waals surface area contributed by atoms with Gasteiger partial charge < -0.3 is 15.4 Å². The zero-order valence-electron chi connectivity index (χ0n) is 22.1. The zero-order valence-corrected chi connectivity index (χ0v) is 22.1. The van der Waals surface area contributed by atoms with E-state index in [9.17, 15) is 4.79 Å². The highest BCUT2D eigenvalue weighted by Crippen LogP contribution is 2.30. The van der Waals surface area contributed by atoms with Crippen LogP contribution in [0, 0.1) is 0 Å². The van der Waals surface area contributed by atoms with Crippen molar-refractivity contribution in [1.29, 1.82) is 0 Å². The first-order valence-electron chi connectivity index (χ1n) is 13.5. The van der Waals surface area contributed by atoms with Crippen molar-refractivity contribution in [2.75, 3.05) is 23.7 Å². The quantitative estimate of drug-likeness (QED) is 0.227. The number of hydrogen-bond acceptors (Lipinski definition) is 6. The van der Waals surface area contributed by atoms with Gasteiger partial charge in [0, 0.05) is 30.8 Å². The molecule has 2 N–H and O–H groups in total. The monoisotopic (exact) mass is 526 g/mol. The van der Waals surface area contributed by atoms with E-state index >= 15 is 0 Å². The summed E-state index contributed by atoms with van der Waals surface area (Å²) in [4.78, 5) is 25.0. The lowest BCUT2D eigenvalue weighted by atomic mass is 9.90. The summed E-state index contributed by atoms with van der Waals surface area (Å²) in [5.41, 5.74) is 9.93. The molecule has 6 heteroatoms. The molecule has 1 unspecified atom stereocenters. The lowest BCUT2D eigenvalue weighted by Crippen LogP contribution is -2.35. The Morgan fingerprint density at radius 1 is 0.825 bits per heavy atom. The van der Waals surface area contributed by atoms with Crippen LogP contribution in [0.1, 0.15) is 40.4 Å². The van der Waals surface area contributed by atoms with Crippen molar-refractivity contribution in [2.45, 2.75) is 18.8 Å². The molecule has 1 fully saturated rings. The summed E-state index contributed by atoms with van der Waals surface area (Å²) in [7, 11) is 0. The van der Waals surface area contributed by atoms with Crippen LogP contribution in [0.25, 0.3) is 11.1 Å². The number of ether oxygens (including phenoxy) is 1. The summed E-state index contributed by atoms with van der Waals surface area (Å²) < 4.78 is 5.90. The fourth-order valence-corrected chi connectivity index (χ4v) is 5.20. The molecular formula is C34H30N4O2. The maximum absolute atomic E-state index is 13.6. The first kappa shape index (κ1) is 25.3. The van der Waals surface area contributed by atoms with Crippen LogP contribution in [0.2, 0.25) is 0 Å². The molecule has 40 heavy (non-hydrogen) atoms. The van der Waals surface area contributed by atoms with Crippen LogP contribution in [-0.4, -0.2) is 28.8 Å². The molecule has 2 aromatic heterocycles. The second kappa shape index (κ2) is 11.4. The van der Waals surface area contributed by atoms with Crippen LogP contribution in [0.3, 0.4) is 0 Å². The molecule has 6 rings (SSSR count). The number of benzene rings is 3. The van der Waals surface area contributed by atoms with Gasteiger partial charge in [-0.3, -0.25) is 4.79 Å². The van der Waals surface area contributed by atoms with Crippen LogP contribution < -0.4 is 15.4 Å². The second-order valence-electron chi connectivity index (χ2n) is 10.0. The van der Waals surface area contributed by atoms with Crippen molar-refractivity contribution in [3.8, 4) is 22.6 Å². The molecule has 0 amide bonds. The third-order valence-electron chi connectivity index (χ3n) is 7.31. The Morgan fingerprint density at radius 2 is 1.55 bits per heavy atom. The van der Waals surface area contributed by atoms with Crippen molar-refractivity contribution in [3.63, 3.8) is 0 Å². The van der Waals surface area contributed by atoms with Gasteiger partial charge in [-0.15, -0.1) is 0 Å².